The summed E-state index contributed by atoms with van der Waals surface area (Å²) >= 11 is 6.21. The molecule has 4 nitrogen and oxygen atoms in total. The first kappa shape index (κ1) is 17.8. The van der Waals surface area contributed by atoms with E-state index in [4.69, 9.17) is 11.6 Å². The second-order valence-corrected chi connectivity index (χ2v) is 5.73. The van der Waals surface area contributed by atoms with Crippen molar-refractivity contribution in [1.82, 2.24) is 0 Å². The van der Waals surface area contributed by atoms with E-state index in [2.05, 4.69) is 11.9 Å². The monoisotopic (exact) mass is 343 g/mol. The van der Waals surface area contributed by atoms with Crippen LogP contribution in [0.3, 0.4) is 0 Å². The van der Waals surface area contributed by atoms with Crippen molar-refractivity contribution in [2.45, 2.75) is 19.8 Å². The Morgan fingerprint density at radius 3 is 2.50 bits per heavy atom. The molecule has 0 aliphatic rings. The van der Waals surface area contributed by atoms with Crippen molar-refractivity contribution in [2.75, 3.05) is 5.32 Å². The average molecular weight is 344 g/mol. The molecule has 0 radical (unpaired) electrons. The summed E-state index contributed by atoms with van der Waals surface area (Å²) in [5.74, 6) is -1.18. The fourth-order valence-corrected chi connectivity index (χ4v) is 2.58. The summed E-state index contributed by atoms with van der Waals surface area (Å²) in [6.45, 7) is 5.96. The van der Waals surface area contributed by atoms with Gasteiger partial charge in [0.25, 0.3) is 0 Å². The van der Waals surface area contributed by atoms with Gasteiger partial charge in [-0.15, -0.1) is 0 Å². The normalized spacial score (nSPS) is 10.2. The van der Waals surface area contributed by atoms with Crippen LogP contribution in [0.25, 0.3) is 5.57 Å². The highest BCUT2D eigenvalue weighted by Crippen LogP contribution is 2.33. The van der Waals surface area contributed by atoms with E-state index >= 15 is 0 Å². The van der Waals surface area contributed by atoms with Gasteiger partial charge in [0.15, 0.2) is 0 Å². The Balaban J connectivity index is 2.50. The summed E-state index contributed by atoms with van der Waals surface area (Å²) in [5.41, 5.74) is 2.41. The maximum absolute atomic E-state index is 11.9. The van der Waals surface area contributed by atoms with Crippen molar-refractivity contribution < 1.29 is 14.7 Å². The van der Waals surface area contributed by atoms with Gasteiger partial charge in [-0.05, 0) is 36.3 Å². The lowest BCUT2D eigenvalue weighted by Gasteiger charge is -2.15. The van der Waals surface area contributed by atoms with Crippen LogP contribution in [-0.2, 0) is 4.79 Å². The van der Waals surface area contributed by atoms with Crippen LogP contribution in [0.5, 0.6) is 0 Å². The predicted octanol–water partition coefficient (Wildman–Crippen LogP) is 4.84. The van der Waals surface area contributed by atoms with Gasteiger partial charge in [0, 0.05) is 28.3 Å². The topological polar surface area (TPSA) is 66.4 Å². The first-order valence-corrected chi connectivity index (χ1v) is 7.93. The van der Waals surface area contributed by atoms with Gasteiger partial charge in [-0.2, -0.15) is 0 Å². The van der Waals surface area contributed by atoms with Gasteiger partial charge in [-0.25, -0.2) is 4.79 Å². The molecule has 0 aliphatic carbocycles. The van der Waals surface area contributed by atoms with E-state index in [1.807, 2.05) is 13.0 Å². The minimum atomic E-state index is -1.05. The van der Waals surface area contributed by atoms with Crippen LogP contribution < -0.4 is 5.32 Å². The maximum atomic E-state index is 11.9. The van der Waals surface area contributed by atoms with Gasteiger partial charge in [0.05, 0.1) is 5.56 Å². The molecule has 0 fully saturated rings. The number of aromatic carboxylic acids is 1. The molecule has 2 aromatic carbocycles. The summed E-state index contributed by atoms with van der Waals surface area (Å²) in [4.78, 5) is 23.2. The molecule has 0 spiro atoms. The van der Waals surface area contributed by atoms with Crippen LogP contribution in [0.2, 0.25) is 5.02 Å². The summed E-state index contributed by atoms with van der Waals surface area (Å²) < 4.78 is 0. The molecule has 0 atom stereocenters. The maximum Gasteiger partial charge on any atom is 0.335 e. The number of hydrogen-bond donors (Lipinski definition) is 2. The standard InChI is InChI=1S/C19H18ClNO3/c1-3-6-18(22)21-17-10-9-13(19(23)24)11-15(17)12(2)14-7-4-5-8-16(14)20/h4-5,7-11H,2-3,6H2,1H3,(H,21,22)(H,23,24). The summed E-state index contributed by atoms with van der Waals surface area (Å²) in [5, 5.41) is 12.6. The zero-order valence-electron chi connectivity index (χ0n) is 13.3. The lowest BCUT2D eigenvalue weighted by molar-refractivity contribution is -0.116. The van der Waals surface area contributed by atoms with E-state index in [1.54, 1.807) is 24.3 Å². The van der Waals surface area contributed by atoms with E-state index in [0.717, 1.165) is 6.42 Å². The molecule has 2 aromatic rings. The molecule has 1 amide bonds. The number of carboxylic acid groups (broad SMARTS) is 1. The van der Waals surface area contributed by atoms with Gasteiger partial charge >= 0.3 is 5.97 Å². The number of carboxylic acids is 1. The van der Waals surface area contributed by atoms with Gasteiger partial charge < -0.3 is 10.4 Å². The van der Waals surface area contributed by atoms with Crippen LogP contribution >= 0.6 is 11.6 Å². The third-order valence-corrected chi connectivity index (χ3v) is 3.87. The fraction of sp³-hybridized carbons (Fsp3) is 0.158. The predicted molar refractivity (Wildman–Crippen MR) is 96.5 cm³/mol. The molecular weight excluding hydrogens is 326 g/mol. The molecule has 0 saturated carbocycles. The van der Waals surface area contributed by atoms with Gasteiger partial charge in [-0.3, -0.25) is 4.79 Å². The zero-order chi connectivity index (χ0) is 17.7. The van der Waals surface area contributed by atoms with Crippen molar-refractivity contribution in [2.24, 2.45) is 0 Å². The molecule has 0 aromatic heterocycles. The third kappa shape index (κ3) is 4.03. The van der Waals surface area contributed by atoms with Gasteiger partial charge in [-0.1, -0.05) is 43.3 Å². The van der Waals surface area contributed by atoms with Crippen molar-refractivity contribution in [3.63, 3.8) is 0 Å². The Labute approximate surface area is 145 Å². The number of amides is 1. The Bertz CT molecular complexity index is 799. The smallest absolute Gasteiger partial charge is 0.335 e. The summed E-state index contributed by atoms with van der Waals surface area (Å²) in [6, 6.07) is 11.7. The summed E-state index contributed by atoms with van der Waals surface area (Å²) in [6.07, 6.45) is 1.11. The second kappa shape index (κ2) is 7.79. The fourth-order valence-electron chi connectivity index (χ4n) is 2.33. The molecule has 0 bridgehead atoms. The minimum absolute atomic E-state index is 0.117. The first-order valence-electron chi connectivity index (χ1n) is 7.55. The molecule has 0 saturated heterocycles. The Morgan fingerprint density at radius 2 is 1.88 bits per heavy atom. The number of halogens is 1. The number of carbonyl (C=O) groups is 2. The van der Waals surface area contributed by atoms with Crippen LogP contribution in [0, 0.1) is 0 Å². The summed E-state index contributed by atoms with van der Waals surface area (Å²) in [7, 11) is 0. The minimum Gasteiger partial charge on any atom is -0.478 e. The molecule has 24 heavy (non-hydrogen) atoms. The SMILES string of the molecule is C=C(c1ccccc1Cl)c1cc(C(=O)O)ccc1NC(=O)CCC. The van der Waals surface area contributed by atoms with Crippen molar-refractivity contribution in [1.29, 1.82) is 0 Å². The van der Waals surface area contributed by atoms with E-state index in [1.165, 1.54) is 12.1 Å². The molecule has 124 valence electrons. The van der Waals surface area contributed by atoms with E-state index in [-0.39, 0.29) is 11.5 Å². The van der Waals surface area contributed by atoms with E-state index < -0.39 is 5.97 Å². The number of hydrogen-bond acceptors (Lipinski definition) is 2. The highest BCUT2D eigenvalue weighted by molar-refractivity contribution is 6.32. The van der Waals surface area contributed by atoms with Crippen molar-refractivity contribution >= 4 is 34.7 Å². The van der Waals surface area contributed by atoms with Gasteiger partial charge in [0.2, 0.25) is 5.91 Å². The van der Waals surface area contributed by atoms with Crippen molar-refractivity contribution in [3.05, 3.63) is 70.8 Å². The number of nitrogens with one attached hydrogen (secondary N) is 1. The second-order valence-electron chi connectivity index (χ2n) is 5.32. The highest BCUT2D eigenvalue weighted by atomic mass is 35.5. The Kier molecular flexibility index (Phi) is 5.77. The Morgan fingerprint density at radius 1 is 1.17 bits per heavy atom. The van der Waals surface area contributed by atoms with Crippen LogP contribution in [0.15, 0.2) is 49.0 Å². The van der Waals surface area contributed by atoms with Crippen LogP contribution in [-0.4, -0.2) is 17.0 Å². The molecule has 5 heteroatoms. The third-order valence-electron chi connectivity index (χ3n) is 3.54. The number of benzene rings is 2. The molecular formula is C19H18ClNO3. The molecule has 0 heterocycles. The van der Waals surface area contributed by atoms with Crippen molar-refractivity contribution in [3.8, 4) is 0 Å². The molecule has 2 N–H and O–H groups in total. The largest absolute Gasteiger partial charge is 0.478 e. The molecule has 2 rings (SSSR count). The molecule has 0 aliphatic heterocycles. The Hall–Kier alpha value is -2.59. The lowest BCUT2D eigenvalue weighted by atomic mass is 9.96. The number of anilines is 1. The van der Waals surface area contributed by atoms with Crippen LogP contribution in [0.4, 0.5) is 5.69 Å². The quantitative estimate of drug-likeness (QED) is 0.788. The van der Waals surface area contributed by atoms with E-state index in [0.29, 0.717) is 33.8 Å². The number of carbonyl (C=O) groups excluding carboxylic acids is 1. The number of rotatable bonds is 6. The average Bonchev–Trinajstić information content (AvgIpc) is 2.55. The van der Waals surface area contributed by atoms with Gasteiger partial charge in [0.1, 0.15) is 0 Å². The molecule has 0 unspecified atom stereocenters. The van der Waals surface area contributed by atoms with E-state index in [9.17, 15) is 14.7 Å². The lowest BCUT2D eigenvalue weighted by Crippen LogP contribution is -2.13. The zero-order valence-corrected chi connectivity index (χ0v) is 14.1. The highest BCUT2D eigenvalue weighted by Gasteiger charge is 2.15. The first-order chi connectivity index (χ1) is 11.4. The van der Waals surface area contributed by atoms with Crippen LogP contribution in [0.1, 0.15) is 41.3 Å².